The van der Waals surface area contributed by atoms with Gasteiger partial charge in [-0.25, -0.2) is 0 Å². The van der Waals surface area contributed by atoms with E-state index in [1.807, 2.05) is 19.2 Å². The van der Waals surface area contributed by atoms with Gasteiger partial charge in [0.2, 0.25) is 5.91 Å². The van der Waals surface area contributed by atoms with Gasteiger partial charge in [-0.15, -0.1) is 0 Å². The number of hydrogen-bond donors (Lipinski definition) is 2. The third-order valence-electron chi connectivity index (χ3n) is 4.87. The maximum Gasteiger partial charge on any atom is 0.222 e. The first-order valence-corrected chi connectivity index (χ1v) is 8.10. The second-order valence-electron chi connectivity index (χ2n) is 6.41. The molecular formula is C18H28N2O. The number of hydrogen-bond acceptors (Lipinski definition) is 2. The van der Waals surface area contributed by atoms with E-state index in [2.05, 4.69) is 36.6 Å². The summed E-state index contributed by atoms with van der Waals surface area (Å²) in [6.07, 6.45) is 6.54. The van der Waals surface area contributed by atoms with E-state index in [1.165, 1.54) is 30.4 Å². The van der Waals surface area contributed by atoms with Crippen molar-refractivity contribution in [3.8, 4) is 0 Å². The van der Waals surface area contributed by atoms with Gasteiger partial charge in [0.25, 0.3) is 0 Å². The van der Waals surface area contributed by atoms with Crippen LogP contribution in [0.4, 0.5) is 0 Å². The Morgan fingerprint density at radius 3 is 2.52 bits per heavy atom. The molecule has 1 fully saturated rings. The highest BCUT2D eigenvalue weighted by atomic mass is 16.1. The minimum atomic E-state index is 0.00772. The van der Waals surface area contributed by atoms with E-state index < -0.39 is 0 Å². The van der Waals surface area contributed by atoms with Crippen molar-refractivity contribution in [3.05, 3.63) is 35.4 Å². The van der Waals surface area contributed by atoms with Crippen LogP contribution in [0.5, 0.6) is 0 Å². The lowest BCUT2D eigenvalue weighted by Crippen LogP contribution is -2.48. The number of rotatable bonds is 5. The Morgan fingerprint density at radius 1 is 1.24 bits per heavy atom. The minimum Gasteiger partial charge on any atom is -0.350 e. The highest BCUT2D eigenvalue weighted by Crippen LogP contribution is 2.31. The molecule has 1 saturated carbocycles. The fraction of sp³-hybridized carbons (Fsp3) is 0.611. The molecule has 1 aromatic rings. The summed E-state index contributed by atoms with van der Waals surface area (Å²) >= 11 is 0. The van der Waals surface area contributed by atoms with Crippen LogP contribution in [0.1, 0.15) is 62.6 Å². The summed E-state index contributed by atoms with van der Waals surface area (Å²) in [4.78, 5) is 12.4. The highest BCUT2D eigenvalue weighted by Gasteiger charge is 2.32. The van der Waals surface area contributed by atoms with Crippen molar-refractivity contribution in [2.75, 3.05) is 7.05 Å². The van der Waals surface area contributed by atoms with Gasteiger partial charge in [-0.1, -0.05) is 43.5 Å². The maximum absolute atomic E-state index is 12.4. The van der Waals surface area contributed by atoms with Gasteiger partial charge >= 0.3 is 0 Å². The topological polar surface area (TPSA) is 41.1 Å². The number of carbonyl (C=O) groups excluding carboxylic acids is 1. The monoisotopic (exact) mass is 288 g/mol. The quantitative estimate of drug-likeness (QED) is 0.871. The number of nitrogens with one attached hydrogen (secondary N) is 2. The van der Waals surface area contributed by atoms with Crippen molar-refractivity contribution in [2.45, 2.75) is 64.0 Å². The minimum absolute atomic E-state index is 0.00772. The molecule has 1 aromatic carbocycles. The van der Waals surface area contributed by atoms with Crippen LogP contribution in [0.2, 0.25) is 0 Å². The summed E-state index contributed by atoms with van der Waals surface area (Å²) in [6, 6.07) is 8.31. The number of benzene rings is 1. The molecule has 2 rings (SSSR count). The van der Waals surface area contributed by atoms with Gasteiger partial charge in [0.05, 0.1) is 6.04 Å². The average Bonchev–Trinajstić information content (AvgIpc) is 2.48. The molecule has 1 aliphatic rings. The number of aryl methyl sites for hydroxylation is 1. The van der Waals surface area contributed by atoms with Gasteiger partial charge in [0, 0.05) is 12.0 Å². The van der Waals surface area contributed by atoms with E-state index >= 15 is 0 Å². The summed E-state index contributed by atoms with van der Waals surface area (Å²) in [5.74, 6) is 0.155. The van der Waals surface area contributed by atoms with Crippen LogP contribution in [-0.4, -0.2) is 18.5 Å². The molecule has 0 spiro atoms. The van der Waals surface area contributed by atoms with Gasteiger partial charge in [-0.05, 0) is 44.9 Å². The largest absolute Gasteiger partial charge is 0.350 e. The SMILES string of the molecule is CNC1(CC(=O)NC(C)c2ccccc2C)CCCCC1. The number of carbonyl (C=O) groups is 1. The predicted octanol–water partition coefficient (Wildman–Crippen LogP) is 3.48. The van der Waals surface area contributed by atoms with E-state index in [4.69, 9.17) is 0 Å². The van der Waals surface area contributed by atoms with E-state index in [0.29, 0.717) is 6.42 Å². The van der Waals surface area contributed by atoms with Crippen LogP contribution < -0.4 is 10.6 Å². The molecule has 3 heteroatoms. The Labute approximate surface area is 128 Å². The van der Waals surface area contributed by atoms with Gasteiger partial charge in [0.15, 0.2) is 0 Å². The van der Waals surface area contributed by atoms with Gasteiger partial charge in [-0.2, -0.15) is 0 Å². The van der Waals surface area contributed by atoms with Crippen LogP contribution in [0.3, 0.4) is 0 Å². The van der Waals surface area contributed by atoms with Gasteiger partial charge in [0.1, 0.15) is 0 Å². The third-order valence-corrected chi connectivity index (χ3v) is 4.87. The molecule has 1 atom stereocenters. The Morgan fingerprint density at radius 2 is 1.90 bits per heavy atom. The van der Waals surface area contributed by atoms with Crippen LogP contribution >= 0.6 is 0 Å². The molecular weight excluding hydrogens is 260 g/mol. The first-order chi connectivity index (χ1) is 10.1. The van der Waals surface area contributed by atoms with Crippen molar-refractivity contribution in [2.24, 2.45) is 0 Å². The fourth-order valence-corrected chi connectivity index (χ4v) is 3.49. The second kappa shape index (κ2) is 7.08. The lowest BCUT2D eigenvalue weighted by molar-refractivity contribution is -0.123. The fourth-order valence-electron chi connectivity index (χ4n) is 3.49. The van der Waals surface area contributed by atoms with Crippen LogP contribution in [0.15, 0.2) is 24.3 Å². The summed E-state index contributed by atoms with van der Waals surface area (Å²) in [5, 5.41) is 6.58. The van der Waals surface area contributed by atoms with Crippen molar-refractivity contribution in [1.29, 1.82) is 0 Å². The van der Waals surface area contributed by atoms with E-state index in [1.54, 1.807) is 0 Å². The van der Waals surface area contributed by atoms with Crippen molar-refractivity contribution < 1.29 is 4.79 Å². The number of amides is 1. The molecule has 1 aliphatic carbocycles. The smallest absolute Gasteiger partial charge is 0.222 e. The third kappa shape index (κ3) is 4.07. The average molecular weight is 288 g/mol. The first kappa shape index (κ1) is 16.0. The molecule has 0 radical (unpaired) electrons. The predicted molar refractivity (Wildman–Crippen MR) is 87.2 cm³/mol. The van der Waals surface area contributed by atoms with E-state index in [9.17, 15) is 4.79 Å². The molecule has 21 heavy (non-hydrogen) atoms. The highest BCUT2D eigenvalue weighted by molar-refractivity contribution is 5.77. The van der Waals surface area contributed by atoms with E-state index in [-0.39, 0.29) is 17.5 Å². The van der Waals surface area contributed by atoms with Gasteiger partial charge < -0.3 is 10.6 Å². The van der Waals surface area contributed by atoms with Crippen molar-refractivity contribution in [1.82, 2.24) is 10.6 Å². The molecule has 1 unspecified atom stereocenters. The molecule has 2 N–H and O–H groups in total. The molecule has 116 valence electrons. The van der Waals surface area contributed by atoms with Crippen molar-refractivity contribution in [3.63, 3.8) is 0 Å². The molecule has 0 bridgehead atoms. The molecule has 0 aromatic heterocycles. The molecule has 3 nitrogen and oxygen atoms in total. The summed E-state index contributed by atoms with van der Waals surface area (Å²) in [7, 11) is 1.99. The molecule has 0 heterocycles. The Kier molecular flexibility index (Phi) is 5.40. The molecule has 0 saturated heterocycles. The van der Waals surface area contributed by atoms with Gasteiger partial charge in [-0.3, -0.25) is 4.79 Å². The zero-order chi connectivity index (χ0) is 15.3. The van der Waals surface area contributed by atoms with Crippen LogP contribution in [0.25, 0.3) is 0 Å². The summed E-state index contributed by atoms with van der Waals surface area (Å²) in [5.41, 5.74) is 2.44. The van der Waals surface area contributed by atoms with Crippen LogP contribution in [0, 0.1) is 6.92 Å². The lowest BCUT2D eigenvalue weighted by atomic mass is 9.79. The first-order valence-electron chi connectivity index (χ1n) is 8.10. The lowest BCUT2D eigenvalue weighted by Gasteiger charge is -2.37. The normalized spacial score (nSPS) is 19.0. The summed E-state index contributed by atoms with van der Waals surface area (Å²) in [6.45, 7) is 4.15. The maximum atomic E-state index is 12.4. The standard InChI is InChI=1S/C18H28N2O/c1-14-9-5-6-10-16(14)15(2)20-17(21)13-18(19-3)11-7-4-8-12-18/h5-6,9-10,15,19H,4,7-8,11-13H2,1-3H3,(H,20,21). The Bertz CT molecular complexity index is 478. The summed E-state index contributed by atoms with van der Waals surface area (Å²) < 4.78 is 0. The molecule has 1 amide bonds. The Balaban J connectivity index is 1.96. The Hall–Kier alpha value is -1.35. The van der Waals surface area contributed by atoms with Crippen molar-refractivity contribution >= 4 is 5.91 Å². The zero-order valence-corrected chi connectivity index (χ0v) is 13.5. The zero-order valence-electron chi connectivity index (χ0n) is 13.5. The second-order valence-corrected chi connectivity index (χ2v) is 6.41. The van der Waals surface area contributed by atoms with E-state index in [0.717, 1.165) is 12.8 Å². The molecule has 0 aliphatic heterocycles. The van der Waals surface area contributed by atoms with Crippen LogP contribution in [-0.2, 0) is 4.79 Å².